The number of carbonyl (C=O) groups is 1. The van der Waals surface area contributed by atoms with Crippen LogP contribution in [0.3, 0.4) is 0 Å². The Labute approximate surface area is 144 Å². The van der Waals surface area contributed by atoms with Crippen LogP contribution < -0.4 is 10.1 Å². The molecule has 0 bridgehead atoms. The van der Waals surface area contributed by atoms with Gasteiger partial charge in [0.25, 0.3) is 5.91 Å². The lowest BCUT2D eigenvalue weighted by Gasteiger charge is -2.11. The average Bonchev–Trinajstić information content (AvgIpc) is 2.52. The first kappa shape index (κ1) is 16.8. The number of carbonyl (C=O) groups excluding carboxylic acids is 1. The third-order valence-electron chi connectivity index (χ3n) is 3.09. The van der Waals surface area contributed by atoms with E-state index in [2.05, 4.69) is 27.9 Å². The molecular weight excluding hydrogens is 393 g/mol. The first-order valence-corrected chi connectivity index (χ1v) is 8.03. The van der Waals surface area contributed by atoms with Crippen LogP contribution in [0, 0.1) is 3.57 Å². The molecule has 2 aromatic rings. The van der Waals surface area contributed by atoms with E-state index < -0.39 is 0 Å². The van der Waals surface area contributed by atoms with Gasteiger partial charge < -0.3 is 14.8 Å². The molecule has 0 aliphatic heterocycles. The number of benzene rings is 2. The molecule has 0 heterocycles. The van der Waals surface area contributed by atoms with Gasteiger partial charge in [0.05, 0.1) is 13.7 Å². The number of halogens is 1. The Balaban J connectivity index is 2.18. The normalized spacial score (nSPS) is 10.3. The third-order valence-corrected chi connectivity index (χ3v) is 3.76. The van der Waals surface area contributed by atoms with Crippen molar-refractivity contribution in [2.24, 2.45) is 0 Å². The number of amides is 1. The Bertz CT molecular complexity index is 658. The second-order valence-corrected chi connectivity index (χ2v) is 5.87. The molecule has 0 aliphatic rings. The molecule has 0 radical (unpaired) electrons. The van der Waals surface area contributed by atoms with Crippen LogP contribution in [-0.4, -0.2) is 19.6 Å². The molecule has 1 N–H and O–H groups in total. The topological polar surface area (TPSA) is 47.6 Å². The molecule has 0 saturated heterocycles. The number of hydrogen-bond acceptors (Lipinski definition) is 3. The molecule has 1 amide bonds. The van der Waals surface area contributed by atoms with Gasteiger partial charge in [-0.25, -0.2) is 0 Å². The van der Waals surface area contributed by atoms with Crippen molar-refractivity contribution in [1.82, 2.24) is 0 Å². The predicted octanol–water partition coefficient (Wildman–Crippen LogP) is 4.09. The molecule has 116 valence electrons. The van der Waals surface area contributed by atoms with Gasteiger partial charge in [0.2, 0.25) is 0 Å². The van der Waals surface area contributed by atoms with Gasteiger partial charge in [-0.05, 0) is 65.9 Å². The van der Waals surface area contributed by atoms with Crippen LogP contribution in [0.1, 0.15) is 22.8 Å². The maximum Gasteiger partial charge on any atom is 0.255 e. The van der Waals surface area contributed by atoms with E-state index >= 15 is 0 Å². The van der Waals surface area contributed by atoms with Gasteiger partial charge in [-0.2, -0.15) is 0 Å². The Hall–Kier alpha value is -1.60. The minimum atomic E-state index is -0.151. The van der Waals surface area contributed by atoms with E-state index in [1.54, 1.807) is 25.3 Å². The lowest BCUT2D eigenvalue weighted by Crippen LogP contribution is -2.12. The number of hydrogen-bond donors (Lipinski definition) is 1. The van der Waals surface area contributed by atoms with Crippen molar-refractivity contribution >= 4 is 34.2 Å². The van der Waals surface area contributed by atoms with Gasteiger partial charge in [-0.15, -0.1) is 0 Å². The summed E-state index contributed by atoms with van der Waals surface area (Å²) in [5.74, 6) is 0.571. The molecule has 0 fully saturated rings. The van der Waals surface area contributed by atoms with E-state index in [-0.39, 0.29) is 5.91 Å². The van der Waals surface area contributed by atoms with Gasteiger partial charge in [0.1, 0.15) is 5.75 Å². The summed E-state index contributed by atoms with van der Waals surface area (Å²) in [6.07, 6.45) is 0. The van der Waals surface area contributed by atoms with Crippen LogP contribution in [0.4, 0.5) is 5.69 Å². The molecule has 0 atom stereocenters. The van der Waals surface area contributed by atoms with Gasteiger partial charge in [0, 0.05) is 27.0 Å². The molecule has 2 aromatic carbocycles. The molecule has 22 heavy (non-hydrogen) atoms. The standard InChI is InChI=1S/C17H18INO3/c1-3-22-11-13-9-12(7-8-16(13)21-2)17(20)19-15-6-4-5-14(18)10-15/h4-10H,3,11H2,1-2H3,(H,19,20). The zero-order valence-electron chi connectivity index (χ0n) is 12.6. The fourth-order valence-electron chi connectivity index (χ4n) is 2.01. The van der Waals surface area contributed by atoms with Crippen molar-refractivity contribution in [1.29, 1.82) is 0 Å². The van der Waals surface area contributed by atoms with Crippen LogP contribution in [0.2, 0.25) is 0 Å². The highest BCUT2D eigenvalue weighted by Gasteiger charge is 2.11. The number of rotatable bonds is 6. The molecule has 0 spiro atoms. The second kappa shape index (κ2) is 8.14. The van der Waals surface area contributed by atoms with Crippen molar-refractivity contribution < 1.29 is 14.3 Å². The summed E-state index contributed by atoms with van der Waals surface area (Å²) < 4.78 is 11.8. The average molecular weight is 411 g/mol. The highest BCUT2D eigenvalue weighted by atomic mass is 127. The molecule has 5 heteroatoms. The summed E-state index contributed by atoms with van der Waals surface area (Å²) in [6, 6.07) is 13.0. The van der Waals surface area contributed by atoms with Crippen molar-refractivity contribution in [3.8, 4) is 5.75 Å². The van der Waals surface area contributed by atoms with Crippen molar-refractivity contribution in [2.45, 2.75) is 13.5 Å². The summed E-state index contributed by atoms with van der Waals surface area (Å²) in [6.45, 7) is 2.96. The van der Waals surface area contributed by atoms with Crippen LogP contribution in [-0.2, 0) is 11.3 Å². The third kappa shape index (κ3) is 4.45. The SMILES string of the molecule is CCOCc1cc(C(=O)Nc2cccc(I)c2)ccc1OC. The molecule has 2 rings (SSSR count). The Morgan fingerprint density at radius 1 is 1.23 bits per heavy atom. The fourth-order valence-corrected chi connectivity index (χ4v) is 2.56. The van der Waals surface area contributed by atoms with Crippen molar-refractivity contribution in [2.75, 3.05) is 19.0 Å². The van der Waals surface area contributed by atoms with Gasteiger partial charge in [0.15, 0.2) is 0 Å². The largest absolute Gasteiger partial charge is 0.496 e. The van der Waals surface area contributed by atoms with E-state index in [0.29, 0.717) is 18.8 Å². The number of nitrogens with one attached hydrogen (secondary N) is 1. The van der Waals surface area contributed by atoms with Crippen LogP contribution in [0.25, 0.3) is 0 Å². The maximum atomic E-state index is 12.4. The predicted molar refractivity (Wildman–Crippen MR) is 95.4 cm³/mol. The van der Waals surface area contributed by atoms with Crippen LogP contribution in [0.15, 0.2) is 42.5 Å². The number of ether oxygens (including phenoxy) is 2. The maximum absolute atomic E-state index is 12.4. The minimum absolute atomic E-state index is 0.151. The monoisotopic (exact) mass is 411 g/mol. The summed E-state index contributed by atoms with van der Waals surface area (Å²) in [5.41, 5.74) is 2.22. The van der Waals surface area contributed by atoms with Crippen molar-refractivity contribution in [3.63, 3.8) is 0 Å². The second-order valence-electron chi connectivity index (χ2n) is 4.63. The van der Waals surface area contributed by atoms with Crippen LogP contribution in [0.5, 0.6) is 5.75 Å². The van der Waals surface area contributed by atoms with E-state index in [9.17, 15) is 4.79 Å². The van der Waals surface area contributed by atoms with E-state index in [1.807, 2.05) is 31.2 Å². The summed E-state index contributed by atoms with van der Waals surface area (Å²) in [5, 5.41) is 2.89. The van der Waals surface area contributed by atoms with Gasteiger partial charge >= 0.3 is 0 Å². The summed E-state index contributed by atoms with van der Waals surface area (Å²) in [4.78, 5) is 12.4. The summed E-state index contributed by atoms with van der Waals surface area (Å²) in [7, 11) is 1.61. The Morgan fingerprint density at radius 3 is 2.73 bits per heavy atom. The van der Waals surface area contributed by atoms with Crippen molar-refractivity contribution in [3.05, 3.63) is 57.2 Å². The molecule has 0 aliphatic carbocycles. The molecular formula is C17H18INO3. The Morgan fingerprint density at radius 2 is 2.05 bits per heavy atom. The lowest BCUT2D eigenvalue weighted by molar-refractivity contribution is 0.102. The fraction of sp³-hybridized carbons (Fsp3) is 0.235. The van der Waals surface area contributed by atoms with E-state index in [0.717, 1.165) is 20.6 Å². The summed E-state index contributed by atoms with van der Waals surface area (Å²) >= 11 is 2.21. The zero-order chi connectivity index (χ0) is 15.9. The molecule has 0 aromatic heterocycles. The van der Waals surface area contributed by atoms with E-state index in [4.69, 9.17) is 9.47 Å². The number of methoxy groups -OCH3 is 1. The molecule has 4 nitrogen and oxygen atoms in total. The highest BCUT2D eigenvalue weighted by molar-refractivity contribution is 14.1. The molecule has 0 unspecified atom stereocenters. The molecule has 0 saturated carbocycles. The Kier molecular flexibility index (Phi) is 6.21. The quantitative estimate of drug-likeness (QED) is 0.729. The first-order valence-electron chi connectivity index (χ1n) is 6.95. The minimum Gasteiger partial charge on any atom is -0.496 e. The van der Waals surface area contributed by atoms with E-state index in [1.165, 1.54) is 0 Å². The highest BCUT2D eigenvalue weighted by Crippen LogP contribution is 2.22. The smallest absolute Gasteiger partial charge is 0.255 e. The van der Waals surface area contributed by atoms with Gasteiger partial charge in [-0.3, -0.25) is 4.79 Å². The zero-order valence-corrected chi connectivity index (χ0v) is 14.7. The lowest BCUT2D eigenvalue weighted by atomic mass is 10.1. The first-order chi connectivity index (χ1) is 10.6. The van der Waals surface area contributed by atoms with Gasteiger partial charge in [-0.1, -0.05) is 6.07 Å². The number of anilines is 1. The van der Waals surface area contributed by atoms with Crippen LogP contribution >= 0.6 is 22.6 Å².